The summed E-state index contributed by atoms with van der Waals surface area (Å²) in [7, 11) is 0. The summed E-state index contributed by atoms with van der Waals surface area (Å²) in [5.41, 5.74) is -1.07. The molecular formula is C14H21NO2. The summed E-state index contributed by atoms with van der Waals surface area (Å²) in [4.78, 5) is 24.5. The molecule has 17 heavy (non-hydrogen) atoms. The van der Waals surface area contributed by atoms with Gasteiger partial charge in [0.15, 0.2) is 0 Å². The van der Waals surface area contributed by atoms with Crippen molar-refractivity contribution in [3.8, 4) is 0 Å². The number of Topliss-reactive ketones (excluding diaryl/α,β-unsaturated/α-hetero) is 1. The Morgan fingerprint density at radius 1 is 1.41 bits per heavy atom. The lowest BCUT2D eigenvalue weighted by Crippen LogP contribution is -2.46. The molecule has 0 aromatic carbocycles. The first-order chi connectivity index (χ1) is 7.82. The molecular weight excluding hydrogens is 214 g/mol. The molecule has 94 valence electrons. The molecule has 3 heteroatoms. The van der Waals surface area contributed by atoms with Crippen molar-refractivity contribution < 1.29 is 9.59 Å². The molecule has 0 aliphatic heterocycles. The molecule has 2 aliphatic rings. The molecule has 0 aromatic heterocycles. The van der Waals surface area contributed by atoms with Crippen molar-refractivity contribution in [1.82, 2.24) is 5.32 Å². The smallest absolute Gasteiger partial charge is 0.227 e. The molecule has 0 radical (unpaired) electrons. The van der Waals surface area contributed by atoms with Crippen molar-refractivity contribution in [3.63, 3.8) is 0 Å². The van der Waals surface area contributed by atoms with E-state index in [-0.39, 0.29) is 22.5 Å². The van der Waals surface area contributed by atoms with Gasteiger partial charge in [0, 0.05) is 18.4 Å². The van der Waals surface area contributed by atoms with Crippen LogP contribution >= 0.6 is 0 Å². The second-order valence-electron chi connectivity index (χ2n) is 6.14. The van der Waals surface area contributed by atoms with E-state index in [9.17, 15) is 9.59 Å². The molecule has 2 bridgehead atoms. The number of hydrogen-bond acceptors (Lipinski definition) is 2. The average molecular weight is 235 g/mol. The molecule has 1 amide bonds. The lowest BCUT2D eigenvalue weighted by molar-refractivity contribution is -0.136. The molecule has 2 saturated carbocycles. The van der Waals surface area contributed by atoms with Gasteiger partial charge in [-0.3, -0.25) is 9.59 Å². The number of carbonyl (C=O) groups excluding carboxylic acids is 2. The van der Waals surface area contributed by atoms with Gasteiger partial charge in [0.25, 0.3) is 0 Å². The molecule has 2 fully saturated rings. The molecule has 0 spiro atoms. The summed E-state index contributed by atoms with van der Waals surface area (Å²) in [5.74, 6) is 0.277. The van der Waals surface area contributed by atoms with E-state index in [1.807, 2.05) is 6.92 Å². The average Bonchev–Trinajstić information content (AvgIpc) is 2.56. The van der Waals surface area contributed by atoms with Gasteiger partial charge in [-0.2, -0.15) is 0 Å². The fraction of sp³-hybridized carbons (Fsp3) is 0.714. The van der Waals surface area contributed by atoms with E-state index in [1.165, 1.54) is 0 Å². The first-order valence-corrected chi connectivity index (χ1v) is 6.24. The van der Waals surface area contributed by atoms with Crippen LogP contribution in [0.1, 0.15) is 40.0 Å². The van der Waals surface area contributed by atoms with Gasteiger partial charge in [0.2, 0.25) is 5.91 Å². The zero-order valence-corrected chi connectivity index (χ0v) is 10.9. The highest BCUT2D eigenvalue weighted by atomic mass is 16.2. The zero-order chi connectivity index (χ0) is 12.9. The van der Waals surface area contributed by atoms with E-state index < -0.39 is 5.41 Å². The first-order valence-electron chi connectivity index (χ1n) is 6.24. The quantitative estimate of drug-likeness (QED) is 0.761. The highest BCUT2D eigenvalue weighted by Gasteiger charge is 2.72. The minimum absolute atomic E-state index is 0.0250. The maximum atomic E-state index is 12.4. The summed E-state index contributed by atoms with van der Waals surface area (Å²) in [6.07, 6.45) is 3.73. The Hall–Kier alpha value is -1.12. The number of amides is 1. The van der Waals surface area contributed by atoms with Gasteiger partial charge < -0.3 is 5.32 Å². The third-order valence-corrected chi connectivity index (χ3v) is 5.55. The number of nitrogens with one attached hydrogen (secondary N) is 1. The summed E-state index contributed by atoms with van der Waals surface area (Å²) < 4.78 is 0. The van der Waals surface area contributed by atoms with Gasteiger partial charge in [-0.1, -0.05) is 26.8 Å². The summed E-state index contributed by atoms with van der Waals surface area (Å²) in [5, 5.41) is 2.88. The third kappa shape index (κ3) is 1.23. The lowest BCUT2D eigenvalue weighted by atomic mass is 9.64. The maximum Gasteiger partial charge on any atom is 0.227 e. The van der Waals surface area contributed by atoms with E-state index in [0.717, 1.165) is 12.8 Å². The van der Waals surface area contributed by atoms with E-state index in [1.54, 1.807) is 6.08 Å². The molecule has 0 heterocycles. The van der Waals surface area contributed by atoms with Crippen LogP contribution in [-0.4, -0.2) is 18.2 Å². The second kappa shape index (κ2) is 3.44. The summed E-state index contributed by atoms with van der Waals surface area (Å²) in [6.45, 7) is 10.2. The SMILES string of the molecule is C=CCNC(=O)C12CCC(C)(C(=O)C1)C2(C)C. The number of fused-ring (bicyclic) bond motifs is 2. The third-order valence-electron chi connectivity index (χ3n) is 5.55. The standard InChI is InChI=1S/C14H21NO2/c1-5-8-15-11(17)14-7-6-13(4,10(16)9-14)12(14,2)3/h5H,1,6-9H2,2-4H3,(H,15,17). The normalized spacial score (nSPS) is 38.2. The Balaban J connectivity index is 2.36. The van der Waals surface area contributed by atoms with Crippen molar-refractivity contribution in [2.24, 2.45) is 16.2 Å². The van der Waals surface area contributed by atoms with Gasteiger partial charge in [0.05, 0.1) is 5.41 Å². The maximum absolute atomic E-state index is 12.4. The summed E-state index contributed by atoms with van der Waals surface area (Å²) >= 11 is 0. The van der Waals surface area contributed by atoms with Crippen molar-refractivity contribution >= 4 is 11.7 Å². The molecule has 2 rings (SSSR count). The topological polar surface area (TPSA) is 46.2 Å². The molecule has 2 atom stereocenters. The largest absolute Gasteiger partial charge is 0.352 e. The minimum Gasteiger partial charge on any atom is -0.352 e. The molecule has 2 aliphatic carbocycles. The van der Waals surface area contributed by atoms with Crippen LogP contribution in [0.5, 0.6) is 0 Å². The first kappa shape index (κ1) is 12.3. The Morgan fingerprint density at radius 3 is 2.47 bits per heavy atom. The number of rotatable bonds is 3. The van der Waals surface area contributed by atoms with Crippen LogP contribution in [0, 0.1) is 16.2 Å². The molecule has 0 aromatic rings. The zero-order valence-electron chi connectivity index (χ0n) is 10.9. The van der Waals surface area contributed by atoms with E-state index >= 15 is 0 Å². The lowest BCUT2D eigenvalue weighted by Gasteiger charge is -2.38. The monoisotopic (exact) mass is 235 g/mol. The van der Waals surface area contributed by atoms with Crippen LogP contribution in [0.4, 0.5) is 0 Å². The van der Waals surface area contributed by atoms with Crippen LogP contribution in [0.3, 0.4) is 0 Å². The fourth-order valence-corrected chi connectivity index (χ4v) is 3.69. The van der Waals surface area contributed by atoms with Crippen LogP contribution < -0.4 is 5.32 Å². The van der Waals surface area contributed by atoms with Crippen LogP contribution in [0.15, 0.2) is 12.7 Å². The Labute approximate surface area is 103 Å². The van der Waals surface area contributed by atoms with Crippen molar-refractivity contribution in [2.45, 2.75) is 40.0 Å². The number of ketones is 1. The van der Waals surface area contributed by atoms with Gasteiger partial charge in [-0.05, 0) is 18.3 Å². The van der Waals surface area contributed by atoms with Crippen molar-refractivity contribution in [2.75, 3.05) is 6.54 Å². The molecule has 0 saturated heterocycles. The minimum atomic E-state index is -0.498. The van der Waals surface area contributed by atoms with Crippen LogP contribution in [-0.2, 0) is 9.59 Å². The highest BCUT2D eigenvalue weighted by Crippen LogP contribution is 2.70. The molecule has 2 unspecified atom stereocenters. The van der Waals surface area contributed by atoms with Crippen LogP contribution in [0.2, 0.25) is 0 Å². The Morgan fingerprint density at radius 2 is 2.06 bits per heavy atom. The Bertz CT molecular complexity index is 399. The van der Waals surface area contributed by atoms with Crippen molar-refractivity contribution in [3.05, 3.63) is 12.7 Å². The van der Waals surface area contributed by atoms with E-state index in [2.05, 4.69) is 25.7 Å². The summed E-state index contributed by atoms with van der Waals surface area (Å²) in [6, 6.07) is 0. The predicted molar refractivity (Wildman–Crippen MR) is 66.4 cm³/mol. The predicted octanol–water partition coefficient (Wildman–Crippen LogP) is 2.07. The number of hydrogen-bond donors (Lipinski definition) is 1. The number of carbonyl (C=O) groups is 2. The van der Waals surface area contributed by atoms with Gasteiger partial charge in [-0.15, -0.1) is 6.58 Å². The van der Waals surface area contributed by atoms with E-state index in [4.69, 9.17) is 0 Å². The molecule has 3 nitrogen and oxygen atoms in total. The second-order valence-corrected chi connectivity index (χ2v) is 6.14. The van der Waals surface area contributed by atoms with Crippen molar-refractivity contribution in [1.29, 1.82) is 0 Å². The van der Waals surface area contributed by atoms with Gasteiger partial charge in [0.1, 0.15) is 5.78 Å². The molecule has 1 N–H and O–H groups in total. The van der Waals surface area contributed by atoms with Gasteiger partial charge >= 0.3 is 0 Å². The van der Waals surface area contributed by atoms with Crippen LogP contribution in [0.25, 0.3) is 0 Å². The fourth-order valence-electron chi connectivity index (χ4n) is 3.69. The van der Waals surface area contributed by atoms with E-state index in [0.29, 0.717) is 13.0 Å². The highest BCUT2D eigenvalue weighted by molar-refractivity contribution is 5.99. The Kier molecular flexibility index (Phi) is 2.49. The van der Waals surface area contributed by atoms with Gasteiger partial charge in [-0.25, -0.2) is 0 Å².